The van der Waals surface area contributed by atoms with Crippen molar-refractivity contribution in [3.63, 3.8) is 0 Å². The van der Waals surface area contributed by atoms with Gasteiger partial charge in [-0.05, 0) is 48.4 Å². The largest absolute Gasteiger partial charge is 0.493 e. The molecule has 1 aromatic heterocycles. The number of nitrogens with zero attached hydrogens (tertiary/aromatic N) is 2. The number of benzene rings is 3. The number of nitrogens with one attached hydrogen (secondary N) is 2. The van der Waals surface area contributed by atoms with Crippen LogP contribution in [0.5, 0.6) is 11.5 Å². The van der Waals surface area contributed by atoms with Crippen LogP contribution < -0.4 is 20.5 Å². The third kappa shape index (κ3) is 7.24. The van der Waals surface area contributed by atoms with Crippen molar-refractivity contribution in [1.82, 2.24) is 9.97 Å². The first-order chi connectivity index (χ1) is 19.9. The SMILES string of the molecule is C=C/C(=C\C(=C/C)c1nc(Nc2ccc(N)c(C=N)c2)c2cc(OC(C)=O)c(OC)cc2n1)c1ccccc1.CC. The monoisotopic (exact) mass is 549 g/mol. The molecule has 0 aliphatic rings. The van der Waals surface area contributed by atoms with Gasteiger partial charge in [-0.2, -0.15) is 0 Å². The lowest BCUT2D eigenvalue weighted by Crippen LogP contribution is -2.06. The van der Waals surface area contributed by atoms with Crippen molar-refractivity contribution >= 4 is 51.4 Å². The lowest BCUT2D eigenvalue weighted by molar-refractivity contribution is -0.132. The molecule has 0 radical (unpaired) electrons. The van der Waals surface area contributed by atoms with Crippen LogP contribution in [0.15, 0.2) is 85.5 Å². The van der Waals surface area contributed by atoms with Gasteiger partial charge in [-0.25, -0.2) is 9.97 Å². The molecule has 8 heteroatoms. The van der Waals surface area contributed by atoms with Crippen molar-refractivity contribution in [3.05, 3.63) is 102 Å². The maximum atomic E-state index is 11.7. The van der Waals surface area contributed by atoms with Gasteiger partial charge in [-0.1, -0.05) is 62.9 Å². The van der Waals surface area contributed by atoms with E-state index in [0.717, 1.165) is 16.7 Å². The van der Waals surface area contributed by atoms with Gasteiger partial charge in [0, 0.05) is 47.1 Å². The number of anilines is 3. The van der Waals surface area contributed by atoms with Crippen molar-refractivity contribution in [2.45, 2.75) is 27.7 Å². The van der Waals surface area contributed by atoms with Crippen LogP contribution in [-0.4, -0.2) is 29.3 Å². The van der Waals surface area contributed by atoms with E-state index in [0.29, 0.717) is 45.2 Å². The number of esters is 1. The molecule has 0 amide bonds. The minimum atomic E-state index is -0.479. The topological polar surface area (TPSA) is 123 Å². The molecule has 0 aliphatic carbocycles. The Balaban J connectivity index is 0.00000226. The lowest BCUT2D eigenvalue weighted by Gasteiger charge is -2.15. The van der Waals surface area contributed by atoms with Crippen LogP contribution in [0, 0.1) is 5.41 Å². The second-order valence-corrected chi connectivity index (χ2v) is 8.54. The first-order valence-electron chi connectivity index (χ1n) is 13.2. The molecule has 4 N–H and O–H groups in total. The molecule has 1 heterocycles. The first-order valence-corrected chi connectivity index (χ1v) is 13.2. The quantitative estimate of drug-likeness (QED) is 0.0646. The first kappa shape index (κ1) is 30.3. The molecule has 0 atom stereocenters. The third-order valence-electron chi connectivity index (χ3n) is 5.95. The fraction of sp³-hybridized carbons (Fsp3) is 0.152. The summed E-state index contributed by atoms with van der Waals surface area (Å²) >= 11 is 0. The molecule has 3 aromatic carbocycles. The molecule has 0 unspecified atom stereocenters. The Morgan fingerprint density at radius 3 is 2.37 bits per heavy atom. The number of methoxy groups -OCH3 is 1. The Hall–Kier alpha value is -5.24. The van der Waals surface area contributed by atoms with Crippen molar-refractivity contribution < 1.29 is 14.3 Å². The van der Waals surface area contributed by atoms with E-state index in [-0.39, 0.29) is 5.75 Å². The number of nitrogen functional groups attached to an aromatic ring is 1. The number of carbonyl (C=O) groups is 1. The molecular weight excluding hydrogens is 514 g/mol. The molecular formula is C33H35N5O3. The molecule has 210 valence electrons. The van der Waals surface area contributed by atoms with Crippen molar-refractivity contribution in [1.29, 1.82) is 5.41 Å². The van der Waals surface area contributed by atoms with Gasteiger partial charge in [0.1, 0.15) is 5.82 Å². The third-order valence-corrected chi connectivity index (χ3v) is 5.95. The molecule has 0 bridgehead atoms. The molecule has 0 saturated carbocycles. The number of rotatable bonds is 9. The highest BCUT2D eigenvalue weighted by molar-refractivity contribution is 5.96. The summed E-state index contributed by atoms with van der Waals surface area (Å²) in [5.74, 6) is 1.07. The second kappa shape index (κ2) is 14.2. The number of nitrogens with two attached hydrogens (primary N) is 1. The summed E-state index contributed by atoms with van der Waals surface area (Å²) in [7, 11) is 1.50. The van der Waals surface area contributed by atoms with E-state index in [1.807, 2.05) is 63.3 Å². The average Bonchev–Trinajstić information content (AvgIpc) is 2.99. The predicted molar refractivity (Wildman–Crippen MR) is 169 cm³/mol. The fourth-order valence-corrected chi connectivity index (χ4v) is 4.00. The summed E-state index contributed by atoms with van der Waals surface area (Å²) in [6.45, 7) is 11.2. The summed E-state index contributed by atoms with van der Waals surface area (Å²) < 4.78 is 10.9. The van der Waals surface area contributed by atoms with E-state index < -0.39 is 5.97 Å². The minimum absolute atomic E-state index is 0.249. The Morgan fingerprint density at radius 2 is 1.76 bits per heavy atom. The summed E-state index contributed by atoms with van der Waals surface area (Å²) in [5.41, 5.74) is 11.0. The zero-order valence-electron chi connectivity index (χ0n) is 24.0. The Labute approximate surface area is 240 Å². The van der Waals surface area contributed by atoms with Crippen molar-refractivity contribution in [2.75, 3.05) is 18.2 Å². The van der Waals surface area contributed by atoms with E-state index in [1.54, 1.807) is 36.4 Å². The maximum absolute atomic E-state index is 11.7. The zero-order valence-corrected chi connectivity index (χ0v) is 24.0. The van der Waals surface area contributed by atoms with Crippen LogP contribution in [0.3, 0.4) is 0 Å². The van der Waals surface area contributed by atoms with E-state index in [2.05, 4.69) is 11.9 Å². The number of aromatic nitrogens is 2. The highest BCUT2D eigenvalue weighted by Crippen LogP contribution is 2.36. The van der Waals surface area contributed by atoms with Gasteiger partial charge in [0.05, 0.1) is 12.6 Å². The van der Waals surface area contributed by atoms with Crippen molar-refractivity contribution in [3.8, 4) is 11.5 Å². The van der Waals surface area contributed by atoms with Crippen LogP contribution in [0.4, 0.5) is 17.2 Å². The number of allylic oxidation sites excluding steroid dienone is 5. The van der Waals surface area contributed by atoms with Gasteiger partial charge in [-0.15, -0.1) is 0 Å². The molecule has 0 spiro atoms. The van der Waals surface area contributed by atoms with Gasteiger partial charge in [0.15, 0.2) is 17.3 Å². The maximum Gasteiger partial charge on any atom is 0.308 e. The predicted octanol–water partition coefficient (Wildman–Crippen LogP) is 7.59. The Kier molecular flexibility index (Phi) is 10.5. The highest BCUT2D eigenvalue weighted by atomic mass is 16.6. The fourth-order valence-electron chi connectivity index (χ4n) is 4.00. The summed E-state index contributed by atoms with van der Waals surface area (Å²) in [4.78, 5) is 21.4. The average molecular weight is 550 g/mol. The van der Waals surface area contributed by atoms with Crippen LogP contribution in [-0.2, 0) is 4.79 Å². The Morgan fingerprint density at radius 1 is 1.02 bits per heavy atom. The molecule has 8 nitrogen and oxygen atoms in total. The second-order valence-electron chi connectivity index (χ2n) is 8.54. The van der Waals surface area contributed by atoms with Gasteiger partial charge in [0.2, 0.25) is 0 Å². The number of ether oxygens (including phenoxy) is 2. The molecule has 0 fully saturated rings. The summed E-state index contributed by atoms with van der Waals surface area (Å²) in [6.07, 6.45) is 6.89. The van der Waals surface area contributed by atoms with Crippen LogP contribution in [0.1, 0.15) is 44.6 Å². The number of carbonyl (C=O) groups excluding carboxylic acids is 1. The van der Waals surface area contributed by atoms with Gasteiger partial charge in [0.25, 0.3) is 0 Å². The van der Waals surface area contributed by atoms with Crippen LogP contribution >= 0.6 is 0 Å². The Bertz CT molecular complexity index is 1630. The van der Waals surface area contributed by atoms with Crippen LogP contribution in [0.25, 0.3) is 22.0 Å². The van der Waals surface area contributed by atoms with E-state index >= 15 is 0 Å². The van der Waals surface area contributed by atoms with E-state index in [1.165, 1.54) is 20.2 Å². The van der Waals surface area contributed by atoms with Gasteiger partial charge in [-0.3, -0.25) is 4.79 Å². The molecule has 4 rings (SSSR count). The minimum Gasteiger partial charge on any atom is -0.493 e. The lowest BCUT2D eigenvalue weighted by atomic mass is 10.0. The van der Waals surface area contributed by atoms with Crippen molar-refractivity contribution in [2.24, 2.45) is 0 Å². The zero-order chi connectivity index (χ0) is 29.9. The van der Waals surface area contributed by atoms with Gasteiger partial charge >= 0.3 is 5.97 Å². The van der Waals surface area contributed by atoms with E-state index in [9.17, 15) is 4.79 Å². The number of hydrogen-bond acceptors (Lipinski definition) is 8. The van der Waals surface area contributed by atoms with Gasteiger partial charge < -0.3 is 25.9 Å². The van der Waals surface area contributed by atoms with Crippen LogP contribution in [0.2, 0.25) is 0 Å². The number of hydrogen-bond donors (Lipinski definition) is 3. The normalized spacial score (nSPS) is 11.2. The number of fused-ring (bicyclic) bond motifs is 1. The standard InChI is InChI=1S/C31H29N5O3.C2H6/c1-5-20(22-10-8-7-9-11-22)14-21(6-2)30-35-27-17-28(38-4)29(39-19(3)37)16-25(27)31(36-30)34-24-12-13-26(33)23(15-24)18-32;1-2/h5-18,32H,1,33H2,2-4H3,(H,34,35,36);1-2H3/b20-14+,21-6+,32-18?;. The van der Waals surface area contributed by atoms with E-state index in [4.69, 9.17) is 30.6 Å². The summed E-state index contributed by atoms with van der Waals surface area (Å²) in [6, 6.07) is 18.6. The highest BCUT2D eigenvalue weighted by Gasteiger charge is 2.17. The molecule has 41 heavy (non-hydrogen) atoms. The molecule has 0 aliphatic heterocycles. The molecule has 0 saturated heterocycles. The molecule has 4 aromatic rings. The summed E-state index contributed by atoms with van der Waals surface area (Å²) in [5, 5.41) is 11.6. The smallest absolute Gasteiger partial charge is 0.308 e.